The molecule has 3 rings (SSSR count). The molecule has 0 atom stereocenters. The van der Waals surface area contributed by atoms with Gasteiger partial charge in [-0.15, -0.1) is 0 Å². The third-order valence-corrected chi connectivity index (χ3v) is 4.02. The van der Waals surface area contributed by atoms with Gasteiger partial charge in [0.05, 0.1) is 14.2 Å². The molecule has 1 aromatic heterocycles. The smallest absolute Gasteiger partial charge is 0.279 e. The Hall–Kier alpha value is -3.52. The van der Waals surface area contributed by atoms with Crippen LogP contribution < -0.4 is 15.0 Å². The first-order valence-corrected chi connectivity index (χ1v) is 8.72. The molecule has 2 aromatic carbocycles. The van der Waals surface area contributed by atoms with Crippen LogP contribution in [0.2, 0.25) is 0 Å². The van der Waals surface area contributed by atoms with Crippen LogP contribution in [-0.4, -0.2) is 36.6 Å². The Morgan fingerprint density at radius 1 is 0.821 bits per heavy atom. The van der Waals surface area contributed by atoms with E-state index in [0.717, 1.165) is 22.6 Å². The summed E-state index contributed by atoms with van der Waals surface area (Å²) in [5, 5.41) is 0. The Kier molecular flexibility index (Phi) is 6.13. The van der Waals surface area contributed by atoms with Crippen molar-refractivity contribution in [3.05, 3.63) is 74.8 Å². The minimum atomic E-state index is -0.421. The highest BCUT2D eigenvalue weighted by molar-refractivity contribution is 7.71. The van der Waals surface area contributed by atoms with E-state index in [2.05, 4.69) is 20.0 Å². The molecule has 1 heterocycles. The standard InChI is InChI=1S/C20H18N4O3S/c1-26-15-7-3-13(4-8-15)11-21-17-18(23-20(28)24-19(17)25)22-12-14-5-9-16(27-2)10-6-14/h3-12H,1-2H3,(H2,23,24,25,28). The topological polar surface area (TPSA) is 91.8 Å². The van der Waals surface area contributed by atoms with Gasteiger partial charge < -0.3 is 14.5 Å². The highest BCUT2D eigenvalue weighted by atomic mass is 32.1. The molecule has 0 saturated heterocycles. The average Bonchev–Trinajstić information content (AvgIpc) is 2.72. The molecule has 0 unspecified atom stereocenters. The Bertz CT molecular complexity index is 1110. The van der Waals surface area contributed by atoms with E-state index in [9.17, 15) is 4.79 Å². The number of hydrogen-bond acceptors (Lipinski definition) is 6. The summed E-state index contributed by atoms with van der Waals surface area (Å²) in [5.41, 5.74) is 1.36. The summed E-state index contributed by atoms with van der Waals surface area (Å²) in [5.74, 6) is 1.76. The number of aliphatic imine (C=N–C) groups is 2. The van der Waals surface area contributed by atoms with Crippen LogP contribution in [0.25, 0.3) is 0 Å². The molecule has 0 spiro atoms. The van der Waals surface area contributed by atoms with Crippen molar-refractivity contribution in [3.63, 3.8) is 0 Å². The summed E-state index contributed by atoms with van der Waals surface area (Å²) in [6, 6.07) is 14.6. The lowest BCUT2D eigenvalue weighted by atomic mass is 10.2. The Morgan fingerprint density at radius 3 is 1.82 bits per heavy atom. The molecule has 0 bridgehead atoms. The average molecular weight is 394 g/mol. The predicted octanol–water partition coefficient (Wildman–Crippen LogP) is 3.95. The van der Waals surface area contributed by atoms with Crippen molar-refractivity contribution in [2.24, 2.45) is 9.98 Å². The highest BCUT2D eigenvalue weighted by Gasteiger charge is 2.06. The van der Waals surface area contributed by atoms with Gasteiger partial charge in [0.15, 0.2) is 16.3 Å². The first-order valence-electron chi connectivity index (χ1n) is 8.32. The van der Waals surface area contributed by atoms with Gasteiger partial charge in [0.2, 0.25) is 0 Å². The van der Waals surface area contributed by atoms with Crippen LogP contribution in [0.4, 0.5) is 11.5 Å². The summed E-state index contributed by atoms with van der Waals surface area (Å²) in [6.07, 6.45) is 3.19. The second-order valence-electron chi connectivity index (χ2n) is 5.67. The van der Waals surface area contributed by atoms with E-state index < -0.39 is 5.56 Å². The molecule has 0 fully saturated rings. The largest absolute Gasteiger partial charge is 0.497 e. The minimum Gasteiger partial charge on any atom is -0.497 e. The van der Waals surface area contributed by atoms with E-state index in [4.69, 9.17) is 21.7 Å². The number of H-pyrrole nitrogens is 2. The first kappa shape index (κ1) is 19.2. The van der Waals surface area contributed by atoms with Crippen molar-refractivity contribution >= 4 is 36.2 Å². The van der Waals surface area contributed by atoms with E-state index >= 15 is 0 Å². The molecule has 0 aliphatic carbocycles. The van der Waals surface area contributed by atoms with Crippen molar-refractivity contribution in [2.45, 2.75) is 0 Å². The number of ether oxygens (including phenoxy) is 2. The number of rotatable bonds is 6. The molecule has 0 aliphatic heterocycles. The summed E-state index contributed by atoms with van der Waals surface area (Å²) < 4.78 is 10.4. The van der Waals surface area contributed by atoms with Gasteiger partial charge in [-0.25, -0.2) is 9.98 Å². The lowest BCUT2D eigenvalue weighted by molar-refractivity contribution is 0.414. The van der Waals surface area contributed by atoms with Crippen LogP contribution in [0.5, 0.6) is 11.5 Å². The lowest BCUT2D eigenvalue weighted by Gasteiger charge is -2.02. The van der Waals surface area contributed by atoms with Crippen molar-refractivity contribution in [1.82, 2.24) is 9.97 Å². The third kappa shape index (κ3) is 4.80. The molecule has 0 radical (unpaired) electrons. The fraction of sp³-hybridized carbons (Fsp3) is 0.100. The maximum atomic E-state index is 12.3. The summed E-state index contributed by atoms with van der Waals surface area (Å²) >= 11 is 5.05. The Morgan fingerprint density at radius 2 is 1.32 bits per heavy atom. The SMILES string of the molecule is COc1ccc(C=Nc2[nH]c(=S)[nH]c(=O)c2N=Cc2ccc(OC)cc2)cc1. The molecular formula is C20H18N4O3S. The van der Waals surface area contributed by atoms with Gasteiger partial charge in [0.25, 0.3) is 5.56 Å². The number of aromatic amines is 2. The molecule has 28 heavy (non-hydrogen) atoms. The Labute approximate surface area is 166 Å². The van der Waals surface area contributed by atoms with Crippen molar-refractivity contribution in [2.75, 3.05) is 14.2 Å². The second kappa shape index (κ2) is 8.92. The van der Waals surface area contributed by atoms with Gasteiger partial charge in [-0.1, -0.05) is 0 Å². The van der Waals surface area contributed by atoms with Crippen LogP contribution in [-0.2, 0) is 0 Å². The van der Waals surface area contributed by atoms with Crippen LogP contribution in [0, 0.1) is 4.77 Å². The lowest BCUT2D eigenvalue weighted by Crippen LogP contribution is -2.07. The maximum absolute atomic E-state index is 12.3. The van der Waals surface area contributed by atoms with E-state index in [0.29, 0.717) is 0 Å². The zero-order valence-corrected chi connectivity index (χ0v) is 16.1. The number of nitrogens with one attached hydrogen (secondary N) is 2. The van der Waals surface area contributed by atoms with E-state index in [1.165, 1.54) is 0 Å². The van der Waals surface area contributed by atoms with Crippen molar-refractivity contribution in [1.29, 1.82) is 0 Å². The van der Waals surface area contributed by atoms with Gasteiger partial charge in [0, 0.05) is 12.4 Å². The van der Waals surface area contributed by atoms with Crippen LogP contribution in [0.3, 0.4) is 0 Å². The zero-order chi connectivity index (χ0) is 19.9. The highest BCUT2D eigenvalue weighted by Crippen LogP contribution is 2.21. The molecule has 0 saturated carbocycles. The normalized spacial score (nSPS) is 11.2. The monoisotopic (exact) mass is 394 g/mol. The van der Waals surface area contributed by atoms with E-state index in [-0.39, 0.29) is 16.3 Å². The number of aromatic nitrogens is 2. The molecular weight excluding hydrogens is 376 g/mol. The molecule has 2 N–H and O–H groups in total. The van der Waals surface area contributed by atoms with Crippen LogP contribution >= 0.6 is 12.2 Å². The molecule has 142 valence electrons. The first-order chi connectivity index (χ1) is 13.6. The number of benzene rings is 2. The number of nitrogens with zero attached hydrogens (tertiary/aromatic N) is 2. The van der Waals surface area contributed by atoms with Gasteiger partial charge >= 0.3 is 0 Å². The number of hydrogen-bond donors (Lipinski definition) is 2. The van der Waals surface area contributed by atoms with Crippen LogP contribution in [0.15, 0.2) is 63.3 Å². The molecule has 3 aromatic rings. The quantitative estimate of drug-likeness (QED) is 0.489. The zero-order valence-electron chi connectivity index (χ0n) is 15.3. The molecule has 0 aliphatic rings. The molecule has 0 amide bonds. The van der Waals surface area contributed by atoms with Crippen molar-refractivity contribution < 1.29 is 9.47 Å². The summed E-state index contributed by atoms with van der Waals surface area (Å²) in [4.78, 5) is 26.3. The fourth-order valence-electron chi connectivity index (χ4n) is 2.34. The summed E-state index contributed by atoms with van der Waals surface area (Å²) in [6.45, 7) is 0. The van der Waals surface area contributed by atoms with E-state index in [1.807, 2.05) is 48.5 Å². The predicted molar refractivity (Wildman–Crippen MR) is 113 cm³/mol. The van der Waals surface area contributed by atoms with Gasteiger partial charge in [-0.3, -0.25) is 9.78 Å². The third-order valence-electron chi connectivity index (χ3n) is 3.82. The molecule has 7 nitrogen and oxygen atoms in total. The van der Waals surface area contributed by atoms with Crippen LogP contribution in [0.1, 0.15) is 11.1 Å². The number of methoxy groups -OCH3 is 2. The van der Waals surface area contributed by atoms with Gasteiger partial charge in [-0.05, 0) is 71.9 Å². The van der Waals surface area contributed by atoms with Crippen molar-refractivity contribution in [3.8, 4) is 11.5 Å². The van der Waals surface area contributed by atoms with Gasteiger partial charge in [-0.2, -0.15) is 0 Å². The Balaban J connectivity index is 1.92. The fourth-order valence-corrected chi connectivity index (χ4v) is 2.53. The summed E-state index contributed by atoms with van der Waals surface area (Å²) in [7, 11) is 3.20. The van der Waals surface area contributed by atoms with E-state index in [1.54, 1.807) is 26.6 Å². The minimum absolute atomic E-state index is 0.133. The molecule has 8 heteroatoms. The van der Waals surface area contributed by atoms with Gasteiger partial charge in [0.1, 0.15) is 11.5 Å². The maximum Gasteiger partial charge on any atom is 0.279 e. The second-order valence-corrected chi connectivity index (χ2v) is 6.08.